The van der Waals surface area contributed by atoms with Crippen molar-refractivity contribution < 1.29 is 13.2 Å². The van der Waals surface area contributed by atoms with Crippen LogP contribution in [0.1, 0.15) is 51.9 Å². The van der Waals surface area contributed by atoms with Gasteiger partial charge in [-0.2, -0.15) is 0 Å². The Morgan fingerprint density at radius 1 is 1.08 bits per heavy atom. The maximum absolute atomic E-state index is 12.3. The molecule has 2 rings (SSSR count). The van der Waals surface area contributed by atoms with Crippen molar-refractivity contribution >= 4 is 21.6 Å². The second-order valence-corrected chi connectivity index (χ2v) is 8.05. The molecule has 1 fully saturated rings. The van der Waals surface area contributed by atoms with E-state index >= 15 is 0 Å². The first-order chi connectivity index (χ1) is 11.4. The lowest BCUT2D eigenvalue weighted by molar-refractivity contribution is -0.118. The van der Waals surface area contributed by atoms with Crippen LogP contribution in [-0.2, 0) is 14.8 Å². The number of rotatable bonds is 5. The lowest BCUT2D eigenvalue weighted by atomic mass is 9.96. The Morgan fingerprint density at radius 3 is 2.17 bits per heavy atom. The minimum absolute atomic E-state index is 0.0289. The molecular weight excluding hydrogens is 326 g/mol. The SMILES string of the molecule is CC(NC1CCCCCCC1)C(=O)Nc1ccc(S(N)(=O)=O)cc1. The van der Waals surface area contributed by atoms with Crippen molar-refractivity contribution in [1.82, 2.24) is 5.32 Å². The molecule has 0 aliphatic heterocycles. The number of hydrogen-bond donors (Lipinski definition) is 3. The first-order valence-corrected chi connectivity index (χ1v) is 10.1. The van der Waals surface area contributed by atoms with E-state index in [1.54, 1.807) is 12.1 Å². The van der Waals surface area contributed by atoms with Crippen LogP contribution in [0.4, 0.5) is 5.69 Å². The number of carbonyl (C=O) groups is 1. The highest BCUT2D eigenvalue weighted by Crippen LogP contribution is 2.18. The smallest absolute Gasteiger partial charge is 0.241 e. The van der Waals surface area contributed by atoms with E-state index in [9.17, 15) is 13.2 Å². The number of carbonyl (C=O) groups excluding carboxylic acids is 1. The number of hydrogen-bond acceptors (Lipinski definition) is 4. The van der Waals surface area contributed by atoms with Crippen LogP contribution < -0.4 is 15.8 Å². The number of benzene rings is 1. The zero-order valence-corrected chi connectivity index (χ0v) is 14.9. The van der Waals surface area contributed by atoms with E-state index in [2.05, 4.69) is 10.6 Å². The van der Waals surface area contributed by atoms with Gasteiger partial charge in [0, 0.05) is 11.7 Å². The van der Waals surface area contributed by atoms with E-state index in [4.69, 9.17) is 5.14 Å². The summed E-state index contributed by atoms with van der Waals surface area (Å²) in [6.45, 7) is 1.85. The molecule has 4 N–H and O–H groups in total. The third-order valence-electron chi connectivity index (χ3n) is 4.43. The molecule has 1 amide bonds. The first kappa shape index (κ1) is 18.9. The highest BCUT2D eigenvalue weighted by atomic mass is 32.2. The van der Waals surface area contributed by atoms with E-state index in [0.717, 1.165) is 12.8 Å². The van der Waals surface area contributed by atoms with Gasteiger partial charge in [-0.1, -0.05) is 32.1 Å². The Bertz CT molecular complexity index is 636. The van der Waals surface area contributed by atoms with Gasteiger partial charge in [0.2, 0.25) is 15.9 Å². The van der Waals surface area contributed by atoms with Crippen molar-refractivity contribution in [3.63, 3.8) is 0 Å². The third-order valence-corrected chi connectivity index (χ3v) is 5.36. The molecule has 6 nitrogen and oxygen atoms in total. The summed E-state index contributed by atoms with van der Waals surface area (Å²) in [5, 5.41) is 11.3. The molecule has 0 saturated heterocycles. The predicted molar refractivity (Wildman–Crippen MR) is 95.1 cm³/mol. The van der Waals surface area contributed by atoms with Crippen molar-refractivity contribution in [2.75, 3.05) is 5.32 Å². The fraction of sp³-hybridized carbons (Fsp3) is 0.588. The molecule has 0 radical (unpaired) electrons. The van der Waals surface area contributed by atoms with Gasteiger partial charge in [0.15, 0.2) is 0 Å². The summed E-state index contributed by atoms with van der Waals surface area (Å²) >= 11 is 0. The van der Waals surface area contributed by atoms with Gasteiger partial charge in [-0.15, -0.1) is 0 Å². The zero-order valence-electron chi connectivity index (χ0n) is 14.1. The number of amides is 1. The van der Waals surface area contributed by atoms with Crippen molar-refractivity contribution in [3.05, 3.63) is 24.3 Å². The van der Waals surface area contributed by atoms with Crippen LogP contribution in [-0.4, -0.2) is 26.4 Å². The van der Waals surface area contributed by atoms with Crippen LogP contribution >= 0.6 is 0 Å². The molecule has 1 unspecified atom stereocenters. The normalized spacial score (nSPS) is 18.4. The Hall–Kier alpha value is -1.44. The Kier molecular flexibility index (Phi) is 6.77. The molecule has 1 aliphatic carbocycles. The fourth-order valence-electron chi connectivity index (χ4n) is 3.03. The number of primary sulfonamides is 1. The molecule has 1 saturated carbocycles. The molecule has 1 aliphatic rings. The number of anilines is 1. The average molecular weight is 353 g/mol. The van der Waals surface area contributed by atoms with Crippen LogP contribution in [0.3, 0.4) is 0 Å². The lowest BCUT2D eigenvalue weighted by Crippen LogP contribution is -2.44. The highest BCUT2D eigenvalue weighted by molar-refractivity contribution is 7.89. The van der Waals surface area contributed by atoms with Gasteiger partial charge in [-0.3, -0.25) is 4.79 Å². The fourth-order valence-corrected chi connectivity index (χ4v) is 3.55. The largest absolute Gasteiger partial charge is 0.325 e. The summed E-state index contributed by atoms with van der Waals surface area (Å²) in [5.74, 6) is -0.125. The van der Waals surface area contributed by atoms with Gasteiger partial charge in [0.05, 0.1) is 10.9 Å². The van der Waals surface area contributed by atoms with E-state index in [1.807, 2.05) is 6.92 Å². The first-order valence-electron chi connectivity index (χ1n) is 8.56. The maximum Gasteiger partial charge on any atom is 0.241 e. The van der Waals surface area contributed by atoms with E-state index < -0.39 is 10.0 Å². The minimum Gasteiger partial charge on any atom is -0.325 e. The molecule has 0 bridgehead atoms. The topological polar surface area (TPSA) is 101 Å². The molecule has 1 aromatic rings. The third kappa shape index (κ3) is 5.89. The van der Waals surface area contributed by atoms with Crippen LogP contribution in [0.25, 0.3) is 0 Å². The van der Waals surface area contributed by atoms with Crippen molar-refractivity contribution in [2.24, 2.45) is 5.14 Å². The Morgan fingerprint density at radius 2 is 1.62 bits per heavy atom. The monoisotopic (exact) mass is 353 g/mol. The minimum atomic E-state index is -3.72. The Balaban J connectivity index is 1.88. The van der Waals surface area contributed by atoms with E-state index in [-0.39, 0.29) is 16.8 Å². The molecule has 0 spiro atoms. The molecule has 1 atom stereocenters. The predicted octanol–water partition coefficient (Wildman–Crippen LogP) is 2.36. The van der Waals surface area contributed by atoms with Crippen LogP contribution in [0.5, 0.6) is 0 Å². The van der Waals surface area contributed by atoms with Gasteiger partial charge >= 0.3 is 0 Å². The summed E-state index contributed by atoms with van der Waals surface area (Å²) in [6.07, 6.45) is 8.50. The average Bonchev–Trinajstić information content (AvgIpc) is 2.49. The maximum atomic E-state index is 12.3. The summed E-state index contributed by atoms with van der Waals surface area (Å²) in [6, 6.07) is 5.94. The molecule has 24 heavy (non-hydrogen) atoms. The van der Waals surface area contributed by atoms with E-state index in [0.29, 0.717) is 11.7 Å². The number of nitrogens with one attached hydrogen (secondary N) is 2. The van der Waals surface area contributed by atoms with Crippen LogP contribution in [0.2, 0.25) is 0 Å². The van der Waals surface area contributed by atoms with Crippen LogP contribution in [0.15, 0.2) is 29.2 Å². The number of nitrogens with two attached hydrogens (primary N) is 1. The summed E-state index contributed by atoms with van der Waals surface area (Å²) in [7, 11) is -3.72. The van der Waals surface area contributed by atoms with Gasteiger partial charge in [0.1, 0.15) is 0 Å². The van der Waals surface area contributed by atoms with E-state index in [1.165, 1.54) is 44.2 Å². The standard InChI is InChI=1S/C17H27N3O3S/c1-13(19-14-7-5-3-2-4-6-8-14)17(21)20-15-9-11-16(12-10-15)24(18,22)23/h9-14,19H,2-8H2,1H3,(H,20,21)(H2,18,22,23). The van der Waals surface area contributed by atoms with Gasteiger partial charge in [-0.25, -0.2) is 13.6 Å². The highest BCUT2D eigenvalue weighted by Gasteiger charge is 2.19. The lowest BCUT2D eigenvalue weighted by Gasteiger charge is -2.24. The van der Waals surface area contributed by atoms with Crippen molar-refractivity contribution in [1.29, 1.82) is 0 Å². The summed E-state index contributed by atoms with van der Waals surface area (Å²) in [5.41, 5.74) is 0.554. The molecule has 7 heteroatoms. The van der Waals surface area contributed by atoms with Crippen molar-refractivity contribution in [3.8, 4) is 0 Å². The quantitative estimate of drug-likeness (QED) is 0.756. The van der Waals surface area contributed by atoms with Gasteiger partial charge in [0.25, 0.3) is 0 Å². The molecular formula is C17H27N3O3S. The molecule has 134 valence electrons. The second-order valence-electron chi connectivity index (χ2n) is 6.49. The Labute approximate surface area is 144 Å². The molecule has 1 aromatic carbocycles. The molecule has 0 aromatic heterocycles. The second kappa shape index (κ2) is 8.60. The van der Waals surface area contributed by atoms with Crippen LogP contribution in [0, 0.1) is 0 Å². The van der Waals surface area contributed by atoms with Crippen molar-refractivity contribution in [2.45, 2.75) is 68.8 Å². The summed E-state index contributed by atoms with van der Waals surface area (Å²) < 4.78 is 22.5. The zero-order chi connectivity index (χ0) is 17.6. The van der Waals surface area contributed by atoms with Gasteiger partial charge in [-0.05, 0) is 44.0 Å². The summed E-state index contributed by atoms with van der Waals surface area (Å²) in [4.78, 5) is 12.3. The molecule has 0 heterocycles. The van der Waals surface area contributed by atoms with Gasteiger partial charge < -0.3 is 10.6 Å². The number of sulfonamides is 1.